The van der Waals surface area contributed by atoms with Crippen molar-refractivity contribution in [2.45, 2.75) is 0 Å². The van der Waals surface area contributed by atoms with Crippen molar-refractivity contribution in [2.75, 3.05) is 0 Å². The Labute approximate surface area is 29.1 Å². The molecular formula is CH5N3O. The summed E-state index contributed by atoms with van der Waals surface area (Å²) in [5, 5.41) is 0. The van der Waals surface area contributed by atoms with Crippen LogP contribution >= 0.6 is 0 Å². The Bertz CT molecular complexity index is 42.2. The van der Waals surface area contributed by atoms with E-state index >= 15 is 0 Å². The van der Waals surface area contributed by atoms with Crippen molar-refractivity contribution in [1.82, 2.24) is 5.43 Å². The minimum absolute atomic E-state index is 0.718. The highest BCUT2D eigenvalue weighted by atomic mass is 16.2. The number of hydrogen-bond donors (Lipinski definition) is 3. The van der Waals surface area contributed by atoms with Crippen molar-refractivity contribution in [3.8, 4) is 0 Å². The lowest BCUT2D eigenvalue weighted by Crippen LogP contribution is -2.34. The first kappa shape index (κ1) is 4.23. The molecule has 0 bridgehead atoms. The molecule has 0 atom stereocenters. The molecule has 4 heteroatoms. The van der Waals surface area contributed by atoms with Gasteiger partial charge < -0.3 is 5.73 Å². The summed E-state index contributed by atoms with van der Waals surface area (Å²) >= 11 is 0. The molecule has 0 radical (unpaired) electrons. The van der Waals surface area contributed by atoms with Gasteiger partial charge in [0.2, 0.25) is 0 Å². The summed E-state index contributed by atoms with van der Waals surface area (Å²) in [5.74, 6) is 4.45. The molecule has 2 amide bonds. The molecule has 30 valence electrons. The summed E-state index contributed by atoms with van der Waals surface area (Å²) in [6.45, 7) is 0. The Morgan fingerprint density at radius 3 is 2.00 bits per heavy atom. The molecular weight excluding hydrogens is 71.0 g/mol. The molecule has 0 aromatic heterocycles. The molecule has 0 rings (SSSR count). The lowest BCUT2D eigenvalue weighted by Gasteiger charge is -1.81. The molecule has 0 saturated carbocycles. The Balaban J connectivity index is 2.85. The van der Waals surface area contributed by atoms with E-state index in [4.69, 9.17) is 0 Å². The van der Waals surface area contributed by atoms with Gasteiger partial charge in [-0.2, -0.15) is 0 Å². The third kappa shape index (κ3) is 3.23. The van der Waals surface area contributed by atoms with Crippen molar-refractivity contribution in [3.63, 3.8) is 0 Å². The minimum Gasteiger partial charge on any atom is -0.351 e. The van der Waals surface area contributed by atoms with Crippen LogP contribution in [-0.4, -0.2) is 6.03 Å². The van der Waals surface area contributed by atoms with Crippen LogP contribution in [0.15, 0.2) is 0 Å². The van der Waals surface area contributed by atoms with Crippen molar-refractivity contribution < 1.29 is 4.79 Å². The summed E-state index contributed by atoms with van der Waals surface area (Å²) in [4.78, 5) is 9.35. The predicted octanol–water partition coefficient (Wildman–Crippen LogP) is -1.47. The predicted molar refractivity (Wildman–Crippen MR) is 16.9 cm³/mol. The number of primary amides is 1. The van der Waals surface area contributed by atoms with Crippen LogP contribution in [0.25, 0.3) is 0 Å². The van der Waals surface area contributed by atoms with Gasteiger partial charge >= 0.3 is 6.03 Å². The highest BCUT2D eigenvalue weighted by Crippen LogP contribution is 1.34. The fraction of sp³-hybridized carbons (Fsp3) is 0. The van der Waals surface area contributed by atoms with Crippen LogP contribution in [0.4, 0.5) is 4.79 Å². The lowest BCUT2D eigenvalue weighted by atomic mass is 11.8. The van der Waals surface area contributed by atoms with E-state index in [-0.39, 0.29) is 0 Å². The molecule has 0 unspecified atom stereocenters. The Kier molecular flexibility index (Phi) is 1.30. The second-order valence-corrected chi connectivity index (χ2v) is 0.509. The number of urea groups is 1. The third-order valence-corrected chi connectivity index (χ3v) is 0.142. The fourth-order valence-corrected chi connectivity index (χ4v) is 0. The summed E-state index contributed by atoms with van der Waals surface area (Å²) in [7, 11) is 0. The maximum atomic E-state index is 9.35. The molecule has 0 aromatic rings. The van der Waals surface area contributed by atoms with Crippen molar-refractivity contribution in [2.24, 2.45) is 11.6 Å². The first-order valence-corrected chi connectivity index (χ1v) is 1.03. The van der Waals surface area contributed by atoms with Crippen molar-refractivity contribution in [3.05, 3.63) is 0 Å². The highest BCUT2D eigenvalue weighted by Gasteiger charge is 1.73. The molecule has 0 fully saturated rings. The van der Waals surface area contributed by atoms with Gasteiger partial charge in [-0.05, 0) is 0 Å². The SMILES string of the molecule is NN[13C](N)=O. The molecule has 0 aromatic carbocycles. The van der Waals surface area contributed by atoms with Gasteiger partial charge in [0.05, 0.1) is 0 Å². The topological polar surface area (TPSA) is 81.1 Å². The molecule has 0 aliphatic heterocycles. The Morgan fingerprint density at radius 2 is 2.00 bits per heavy atom. The van der Waals surface area contributed by atoms with E-state index in [0.717, 1.165) is 0 Å². The quantitative estimate of drug-likeness (QED) is 0.142. The van der Waals surface area contributed by atoms with Crippen LogP contribution in [-0.2, 0) is 0 Å². The zero-order chi connectivity index (χ0) is 4.28. The normalized spacial score (nSPS) is 6.60. The number of carbonyl (C=O) groups excluding carboxylic acids is 1. The number of hydrogen-bond acceptors (Lipinski definition) is 2. The van der Waals surface area contributed by atoms with Gasteiger partial charge in [-0.1, -0.05) is 0 Å². The summed E-state index contributed by atoms with van der Waals surface area (Å²) in [6, 6.07) is -0.718. The van der Waals surface area contributed by atoms with Crippen molar-refractivity contribution in [1.29, 1.82) is 0 Å². The lowest BCUT2D eigenvalue weighted by molar-refractivity contribution is 0.249. The molecule has 5 heavy (non-hydrogen) atoms. The zero-order valence-electron chi connectivity index (χ0n) is 2.56. The third-order valence-electron chi connectivity index (χ3n) is 0.142. The Morgan fingerprint density at radius 1 is 1.80 bits per heavy atom. The van der Waals surface area contributed by atoms with Gasteiger partial charge in [0, 0.05) is 0 Å². The monoisotopic (exact) mass is 76.0 g/mol. The van der Waals surface area contributed by atoms with Crippen molar-refractivity contribution >= 4 is 6.03 Å². The van der Waals surface area contributed by atoms with Gasteiger partial charge in [-0.25, -0.2) is 10.6 Å². The first-order valence-electron chi connectivity index (χ1n) is 1.03. The maximum absolute atomic E-state index is 9.35. The molecule has 4 nitrogen and oxygen atoms in total. The van der Waals surface area contributed by atoms with E-state index in [1.807, 2.05) is 0 Å². The van der Waals surface area contributed by atoms with E-state index in [1.54, 1.807) is 5.43 Å². The van der Waals surface area contributed by atoms with Gasteiger partial charge in [-0.15, -0.1) is 0 Å². The van der Waals surface area contributed by atoms with E-state index < -0.39 is 6.03 Å². The first-order chi connectivity index (χ1) is 2.27. The van der Waals surface area contributed by atoms with Crippen LogP contribution in [0, 0.1) is 0 Å². The maximum Gasteiger partial charge on any atom is 0.326 e. The van der Waals surface area contributed by atoms with Gasteiger partial charge in [-0.3, -0.25) is 5.43 Å². The van der Waals surface area contributed by atoms with Crippen LogP contribution < -0.4 is 17.0 Å². The molecule has 0 aliphatic rings. The van der Waals surface area contributed by atoms with Gasteiger partial charge in [0.25, 0.3) is 0 Å². The Hall–Kier alpha value is -0.770. The number of carbonyl (C=O) groups is 1. The minimum atomic E-state index is -0.718. The van der Waals surface area contributed by atoms with Crippen LogP contribution in [0.5, 0.6) is 0 Å². The standard InChI is InChI=1S/CH5N3O/c2-1(5)4-3/h3H2,(H3,2,4,5)/i1+1. The number of rotatable bonds is 0. The number of nitrogens with two attached hydrogens (primary N) is 2. The zero-order valence-corrected chi connectivity index (χ0v) is 2.56. The van der Waals surface area contributed by atoms with Crippen LogP contribution in [0.2, 0.25) is 0 Å². The van der Waals surface area contributed by atoms with E-state index in [1.165, 1.54) is 0 Å². The molecule has 0 saturated heterocycles. The van der Waals surface area contributed by atoms with Crippen LogP contribution in [0.1, 0.15) is 0 Å². The van der Waals surface area contributed by atoms with E-state index in [9.17, 15) is 4.79 Å². The summed E-state index contributed by atoms with van der Waals surface area (Å²) < 4.78 is 0. The van der Waals surface area contributed by atoms with Gasteiger partial charge in [0.15, 0.2) is 0 Å². The highest BCUT2D eigenvalue weighted by molar-refractivity contribution is 5.70. The number of hydrazine groups is 1. The number of amides is 2. The largest absolute Gasteiger partial charge is 0.351 e. The second-order valence-electron chi connectivity index (χ2n) is 0.509. The molecule has 0 spiro atoms. The summed E-state index contributed by atoms with van der Waals surface area (Å²) in [5.41, 5.74) is 6.08. The average molecular weight is 76.1 g/mol. The van der Waals surface area contributed by atoms with E-state index in [2.05, 4.69) is 11.6 Å². The van der Waals surface area contributed by atoms with Gasteiger partial charge in [0.1, 0.15) is 0 Å². The fourth-order valence-electron chi connectivity index (χ4n) is 0. The smallest absolute Gasteiger partial charge is 0.326 e. The second kappa shape index (κ2) is 1.54. The molecule has 0 heterocycles. The molecule has 5 N–H and O–H groups in total. The van der Waals surface area contributed by atoms with E-state index in [0.29, 0.717) is 0 Å². The van der Waals surface area contributed by atoms with Crippen LogP contribution in [0.3, 0.4) is 0 Å². The summed E-state index contributed by atoms with van der Waals surface area (Å²) in [6.07, 6.45) is 0. The average Bonchev–Trinajstić information content (AvgIpc) is 1.38. The number of nitrogens with one attached hydrogen (secondary N) is 1. The molecule has 0 aliphatic carbocycles.